The summed E-state index contributed by atoms with van der Waals surface area (Å²) in [4.78, 5) is 13.7. The van der Waals surface area contributed by atoms with E-state index in [0.29, 0.717) is 6.42 Å². The second-order valence-corrected chi connectivity index (χ2v) is 4.41. The summed E-state index contributed by atoms with van der Waals surface area (Å²) in [5, 5.41) is 0. The quantitative estimate of drug-likeness (QED) is 0.799. The van der Waals surface area contributed by atoms with E-state index >= 15 is 0 Å². The normalized spacial score (nSPS) is 12.8. The molecule has 0 aliphatic rings. The zero-order chi connectivity index (χ0) is 9.84. The SMILES string of the molecule is CCc1ccc(CC(=O)C(C)N)s1. The Balaban J connectivity index is 2.59. The summed E-state index contributed by atoms with van der Waals surface area (Å²) in [7, 11) is 0. The van der Waals surface area contributed by atoms with Gasteiger partial charge in [0.25, 0.3) is 0 Å². The Morgan fingerprint density at radius 3 is 2.62 bits per heavy atom. The Hall–Kier alpha value is -0.670. The molecular formula is C10H15NOS. The fourth-order valence-corrected chi connectivity index (χ4v) is 2.01. The predicted molar refractivity (Wildman–Crippen MR) is 56.1 cm³/mol. The maximum atomic E-state index is 11.3. The lowest BCUT2D eigenvalue weighted by Crippen LogP contribution is -2.27. The lowest BCUT2D eigenvalue weighted by Gasteiger charge is -2.00. The molecule has 0 aromatic carbocycles. The van der Waals surface area contributed by atoms with E-state index in [-0.39, 0.29) is 11.8 Å². The molecule has 1 rings (SSSR count). The highest BCUT2D eigenvalue weighted by Gasteiger charge is 2.09. The van der Waals surface area contributed by atoms with Crippen LogP contribution in [0.1, 0.15) is 23.6 Å². The third kappa shape index (κ3) is 2.94. The van der Waals surface area contributed by atoms with Crippen LogP contribution in [0.15, 0.2) is 12.1 Å². The summed E-state index contributed by atoms with van der Waals surface area (Å²) in [6.07, 6.45) is 1.53. The van der Waals surface area contributed by atoms with Crippen LogP contribution in [0, 0.1) is 0 Å². The van der Waals surface area contributed by atoms with E-state index in [2.05, 4.69) is 13.0 Å². The molecule has 1 aromatic rings. The number of hydrogen-bond acceptors (Lipinski definition) is 3. The summed E-state index contributed by atoms with van der Waals surface area (Å²) in [6.45, 7) is 3.85. The topological polar surface area (TPSA) is 43.1 Å². The van der Waals surface area contributed by atoms with Crippen LogP contribution in [0.3, 0.4) is 0 Å². The van der Waals surface area contributed by atoms with Gasteiger partial charge in [0.15, 0.2) is 5.78 Å². The average Bonchev–Trinajstić information content (AvgIpc) is 2.52. The Kier molecular flexibility index (Phi) is 3.63. The van der Waals surface area contributed by atoms with E-state index < -0.39 is 0 Å². The number of carbonyl (C=O) groups is 1. The molecule has 0 spiro atoms. The van der Waals surface area contributed by atoms with Crippen LogP contribution < -0.4 is 5.73 Å². The monoisotopic (exact) mass is 197 g/mol. The van der Waals surface area contributed by atoms with Crippen molar-refractivity contribution in [2.75, 3.05) is 0 Å². The van der Waals surface area contributed by atoms with Gasteiger partial charge in [-0.05, 0) is 25.5 Å². The van der Waals surface area contributed by atoms with Crippen molar-refractivity contribution in [1.29, 1.82) is 0 Å². The van der Waals surface area contributed by atoms with Gasteiger partial charge in [0.05, 0.1) is 6.04 Å². The van der Waals surface area contributed by atoms with Gasteiger partial charge >= 0.3 is 0 Å². The van der Waals surface area contributed by atoms with Gasteiger partial charge in [-0.2, -0.15) is 0 Å². The van der Waals surface area contributed by atoms with Gasteiger partial charge in [-0.25, -0.2) is 0 Å². The van der Waals surface area contributed by atoms with Crippen molar-refractivity contribution in [3.05, 3.63) is 21.9 Å². The Labute approximate surface area is 82.8 Å². The van der Waals surface area contributed by atoms with E-state index in [1.807, 2.05) is 6.07 Å². The molecule has 1 atom stereocenters. The Bertz CT molecular complexity index is 291. The van der Waals surface area contributed by atoms with E-state index in [0.717, 1.165) is 11.3 Å². The van der Waals surface area contributed by atoms with Gasteiger partial charge < -0.3 is 5.73 Å². The van der Waals surface area contributed by atoms with Gasteiger partial charge in [0.1, 0.15) is 0 Å². The minimum Gasteiger partial charge on any atom is -0.322 e. The molecular weight excluding hydrogens is 182 g/mol. The number of nitrogens with two attached hydrogens (primary N) is 1. The lowest BCUT2D eigenvalue weighted by molar-refractivity contribution is -0.119. The maximum Gasteiger partial charge on any atom is 0.154 e. The first kappa shape index (κ1) is 10.4. The number of aryl methyl sites for hydroxylation is 1. The standard InChI is InChI=1S/C10H15NOS/c1-3-8-4-5-9(13-8)6-10(12)7(2)11/h4-5,7H,3,6,11H2,1-2H3. The molecule has 0 radical (unpaired) electrons. The highest BCUT2D eigenvalue weighted by atomic mass is 32.1. The molecule has 1 unspecified atom stereocenters. The average molecular weight is 197 g/mol. The summed E-state index contributed by atoms with van der Waals surface area (Å²) >= 11 is 1.70. The van der Waals surface area contributed by atoms with Crippen LogP contribution >= 0.6 is 11.3 Å². The molecule has 0 fully saturated rings. The number of carbonyl (C=O) groups excluding carboxylic acids is 1. The van der Waals surface area contributed by atoms with Crippen molar-refractivity contribution in [2.45, 2.75) is 32.7 Å². The first-order valence-corrected chi connectivity index (χ1v) is 5.31. The molecule has 3 heteroatoms. The number of ketones is 1. The highest BCUT2D eigenvalue weighted by molar-refractivity contribution is 7.12. The number of Topliss-reactive ketones (excluding diaryl/α,β-unsaturated/α-hetero) is 1. The number of hydrogen-bond donors (Lipinski definition) is 1. The van der Waals surface area contributed by atoms with Crippen molar-refractivity contribution in [1.82, 2.24) is 0 Å². The molecule has 0 amide bonds. The van der Waals surface area contributed by atoms with Crippen molar-refractivity contribution in [2.24, 2.45) is 5.73 Å². The zero-order valence-corrected chi connectivity index (χ0v) is 8.86. The summed E-state index contributed by atoms with van der Waals surface area (Å²) in [5.41, 5.74) is 5.48. The summed E-state index contributed by atoms with van der Waals surface area (Å²) in [6, 6.07) is 3.75. The minimum atomic E-state index is -0.341. The largest absolute Gasteiger partial charge is 0.322 e. The van der Waals surface area contributed by atoms with Crippen LogP contribution in [0.4, 0.5) is 0 Å². The molecule has 13 heavy (non-hydrogen) atoms. The van der Waals surface area contributed by atoms with Gasteiger partial charge in [-0.15, -0.1) is 11.3 Å². The van der Waals surface area contributed by atoms with Crippen molar-refractivity contribution >= 4 is 17.1 Å². The zero-order valence-electron chi connectivity index (χ0n) is 8.04. The van der Waals surface area contributed by atoms with Gasteiger partial charge in [0, 0.05) is 16.2 Å². The molecule has 0 saturated carbocycles. The molecule has 0 saturated heterocycles. The maximum absolute atomic E-state index is 11.3. The van der Waals surface area contributed by atoms with E-state index in [1.165, 1.54) is 4.88 Å². The second-order valence-electron chi connectivity index (χ2n) is 3.15. The second kappa shape index (κ2) is 4.53. The van der Waals surface area contributed by atoms with Crippen molar-refractivity contribution in [3.8, 4) is 0 Å². The molecule has 1 heterocycles. The van der Waals surface area contributed by atoms with Crippen LogP contribution in [0.5, 0.6) is 0 Å². The Morgan fingerprint density at radius 2 is 2.15 bits per heavy atom. The van der Waals surface area contributed by atoms with E-state index in [4.69, 9.17) is 5.73 Å². The van der Waals surface area contributed by atoms with Crippen LogP contribution in [-0.2, 0) is 17.6 Å². The Morgan fingerprint density at radius 1 is 1.54 bits per heavy atom. The van der Waals surface area contributed by atoms with Crippen LogP contribution in [-0.4, -0.2) is 11.8 Å². The molecule has 2 nitrogen and oxygen atoms in total. The molecule has 72 valence electrons. The van der Waals surface area contributed by atoms with Gasteiger partial charge in [0.2, 0.25) is 0 Å². The smallest absolute Gasteiger partial charge is 0.154 e. The minimum absolute atomic E-state index is 0.115. The molecule has 0 bridgehead atoms. The first-order chi connectivity index (χ1) is 6.13. The fraction of sp³-hybridized carbons (Fsp3) is 0.500. The molecule has 0 aliphatic heterocycles. The predicted octanol–water partition coefficient (Wildman–Crippen LogP) is 1.77. The van der Waals surface area contributed by atoms with Gasteiger partial charge in [-0.3, -0.25) is 4.79 Å². The third-order valence-corrected chi connectivity index (χ3v) is 3.15. The first-order valence-electron chi connectivity index (χ1n) is 4.49. The summed E-state index contributed by atoms with van der Waals surface area (Å²) in [5.74, 6) is 0.115. The van der Waals surface area contributed by atoms with E-state index in [1.54, 1.807) is 18.3 Å². The van der Waals surface area contributed by atoms with Crippen LogP contribution in [0.25, 0.3) is 0 Å². The number of rotatable bonds is 4. The summed E-state index contributed by atoms with van der Waals surface area (Å²) < 4.78 is 0. The third-order valence-electron chi connectivity index (χ3n) is 1.92. The fourth-order valence-electron chi connectivity index (χ4n) is 1.04. The van der Waals surface area contributed by atoms with Gasteiger partial charge in [-0.1, -0.05) is 6.92 Å². The van der Waals surface area contributed by atoms with E-state index in [9.17, 15) is 4.79 Å². The molecule has 0 aliphatic carbocycles. The molecule has 1 aromatic heterocycles. The molecule has 2 N–H and O–H groups in total. The van der Waals surface area contributed by atoms with Crippen molar-refractivity contribution < 1.29 is 4.79 Å². The van der Waals surface area contributed by atoms with Crippen LogP contribution in [0.2, 0.25) is 0 Å². The van der Waals surface area contributed by atoms with Crippen molar-refractivity contribution in [3.63, 3.8) is 0 Å². The lowest BCUT2D eigenvalue weighted by atomic mass is 10.1. The number of thiophene rings is 1. The highest BCUT2D eigenvalue weighted by Crippen LogP contribution is 2.17.